The molecular weight excluding hydrogens is 292 g/mol. The third kappa shape index (κ3) is 4.09. The second-order valence-corrected chi connectivity index (χ2v) is 5.94. The first-order valence-corrected chi connectivity index (χ1v) is 8.44. The van der Waals surface area contributed by atoms with Gasteiger partial charge in [0.15, 0.2) is 5.78 Å². The molecule has 0 saturated carbocycles. The van der Waals surface area contributed by atoms with Crippen LogP contribution in [0.25, 0.3) is 0 Å². The Labute approximate surface area is 135 Å². The summed E-state index contributed by atoms with van der Waals surface area (Å²) in [5, 5.41) is 10.2. The van der Waals surface area contributed by atoms with Gasteiger partial charge in [-0.25, -0.2) is 0 Å². The zero-order valence-electron chi connectivity index (χ0n) is 12.7. The highest BCUT2D eigenvalue weighted by molar-refractivity contribution is 7.98. The number of benzene rings is 2. The summed E-state index contributed by atoms with van der Waals surface area (Å²) in [6, 6.07) is 17.3. The van der Waals surface area contributed by atoms with E-state index in [1.165, 1.54) is 11.8 Å². The molecule has 0 aliphatic rings. The van der Waals surface area contributed by atoms with Crippen LogP contribution >= 0.6 is 11.8 Å². The largest absolute Gasteiger partial charge is 0.388 e. The van der Waals surface area contributed by atoms with Crippen LogP contribution in [0.2, 0.25) is 0 Å². The summed E-state index contributed by atoms with van der Waals surface area (Å²) in [4.78, 5) is 13.4. The molecule has 0 aromatic heterocycles. The average Bonchev–Trinajstić information content (AvgIpc) is 2.59. The van der Waals surface area contributed by atoms with Crippen LogP contribution in [-0.2, 0) is 6.42 Å². The van der Waals surface area contributed by atoms with Gasteiger partial charge in [0.25, 0.3) is 0 Å². The molecular formula is C19H20O2S. The van der Waals surface area contributed by atoms with Gasteiger partial charge < -0.3 is 5.11 Å². The quantitative estimate of drug-likeness (QED) is 0.474. The molecule has 1 N–H and O–H groups in total. The van der Waals surface area contributed by atoms with E-state index in [0.717, 1.165) is 16.9 Å². The predicted molar refractivity (Wildman–Crippen MR) is 92.5 cm³/mol. The number of aliphatic hydroxyl groups excluding tert-OH is 1. The molecule has 0 amide bonds. The van der Waals surface area contributed by atoms with Gasteiger partial charge in [-0.1, -0.05) is 49.0 Å². The van der Waals surface area contributed by atoms with E-state index in [4.69, 9.17) is 0 Å². The molecule has 114 valence electrons. The van der Waals surface area contributed by atoms with Crippen molar-refractivity contribution in [3.63, 3.8) is 0 Å². The summed E-state index contributed by atoms with van der Waals surface area (Å²) in [6.07, 6.45) is 2.33. The SMILES string of the molecule is C=C(C(=O)c1ccccc1SC)C(O)CCc1ccccc1. The van der Waals surface area contributed by atoms with Gasteiger partial charge in [0, 0.05) is 16.0 Å². The van der Waals surface area contributed by atoms with Crippen LogP contribution in [0.3, 0.4) is 0 Å². The van der Waals surface area contributed by atoms with Gasteiger partial charge in [-0.3, -0.25) is 4.79 Å². The van der Waals surface area contributed by atoms with Gasteiger partial charge >= 0.3 is 0 Å². The molecule has 0 aliphatic carbocycles. The summed E-state index contributed by atoms with van der Waals surface area (Å²) in [5.74, 6) is -0.175. The molecule has 1 unspecified atom stereocenters. The van der Waals surface area contributed by atoms with E-state index >= 15 is 0 Å². The van der Waals surface area contributed by atoms with Crippen molar-refractivity contribution in [1.29, 1.82) is 0 Å². The number of rotatable bonds is 7. The molecule has 2 rings (SSSR count). The molecule has 0 fully saturated rings. The van der Waals surface area contributed by atoms with Crippen LogP contribution in [0, 0.1) is 0 Å². The third-order valence-corrected chi connectivity index (χ3v) is 4.39. The predicted octanol–water partition coefficient (Wildman–Crippen LogP) is 4.14. The molecule has 2 nitrogen and oxygen atoms in total. The molecule has 1 atom stereocenters. The van der Waals surface area contributed by atoms with E-state index in [9.17, 15) is 9.90 Å². The lowest BCUT2D eigenvalue weighted by atomic mass is 9.96. The first kappa shape index (κ1) is 16.5. The summed E-state index contributed by atoms with van der Waals surface area (Å²) < 4.78 is 0. The van der Waals surface area contributed by atoms with Crippen molar-refractivity contribution >= 4 is 17.5 Å². The number of aliphatic hydroxyl groups is 1. The topological polar surface area (TPSA) is 37.3 Å². The van der Waals surface area contributed by atoms with Crippen molar-refractivity contribution in [3.05, 3.63) is 77.9 Å². The highest BCUT2D eigenvalue weighted by atomic mass is 32.2. The lowest BCUT2D eigenvalue weighted by Gasteiger charge is -2.14. The van der Waals surface area contributed by atoms with E-state index in [1.807, 2.05) is 54.8 Å². The fourth-order valence-corrected chi connectivity index (χ4v) is 2.87. The molecule has 2 aromatic carbocycles. The Hall–Kier alpha value is -1.84. The van der Waals surface area contributed by atoms with Gasteiger partial charge in [0.2, 0.25) is 0 Å². The van der Waals surface area contributed by atoms with Gasteiger partial charge in [-0.2, -0.15) is 0 Å². The van der Waals surface area contributed by atoms with Crippen molar-refractivity contribution in [1.82, 2.24) is 0 Å². The number of ketones is 1. The van der Waals surface area contributed by atoms with Crippen molar-refractivity contribution in [2.24, 2.45) is 0 Å². The monoisotopic (exact) mass is 312 g/mol. The lowest BCUT2D eigenvalue weighted by molar-refractivity contribution is 0.0981. The number of carbonyl (C=O) groups is 1. The van der Waals surface area contributed by atoms with Crippen LogP contribution in [0.5, 0.6) is 0 Å². The Kier molecular flexibility index (Phi) is 5.99. The Balaban J connectivity index is 2.02. The molecule has 0 aliphatic heterocycles. The summed E-state index contributed by atoms with van der Waals surface area (Å²) in [7, 11) is 0. The zero-order valence-corrected chi connectivity index (χ0v) is 13.5. The van der Waals surface area contributed by atoms with E-state index in [2.05, 4.69) is 6.58 Å². The Morgan fingerprint density at radius 1 is 1.14 bits per heavy atom. The molecule has 3 heteroatoms. The van der Waals surface area contributed by atoms with Crippen LogP contribution < -0.4 is 0 Å². The van der Waals surface area contributed by atoms with Crippen LogP contribution in [-0.4, -0.2) is 23.2 Å². The van der Waals surface area contributed by atoms with E-state index in [-0.39, 0.29) is 11.4 Å². The van der Waals surface area contributed by atoms with Crippen LogP contribution in [0.4, 0.5) is 0 Å². The number of aryl methyl sites for hydroxylation is 1. The van der Waals surface area contributed by atoms with Crippen LogP contribution in [0.15, 0.2) is 71.6 Å². The molecule has 0 heterocycles. The van der Waals surface area contributed by atoms with Crippen molar-refractivity contribution in [2.75, 3.05) is 6.26 Å². The van der Waals surface area contributed by atoms with E-state index in [0.29, 0.717) is 12.0 Å². The van der Waals surface area contributed by atoms with Crippen molar-refractivity contribution in [3.8, 4) is 0 Å². The maximum Gasteiger partial charge on any atom is 0.192 e. The molecule has 2 aromatic rings. The van der Waals surface area contributed by atoms with Gasteiger partial charge in [-0.15, -0.1) is 11.8 Å². The Bertz CT molecular complexity index is 649. The maximum atomic E-state index is 12.5. The summed E-state index contributed by atoms with van der Waals surface area (Å²) >= 11 is 1.52. The zero-order chi connectivity index (χ0) is 15.9. The average molecular weight is 312 g/mol. The van der Waals surface area contributed by atoms with Crippen molar-refractivity contribution in [2.45, 2.75) is 23.8 Å². The normalized spacial score (nSPS) is 11.9. The minimum Gasteiger partial charge on any atom is -0.388 e. The number of Topliss-reactive ketones (excluding diaryl/α,β-unsaturated/α-hetero) is 1. The number of thioether (sulfide) groups is 1. The lowest BCUT2D eigenvalue weighted by Crippen LogP contribution is -2.18. The molecule has 0 bridgehead atoms. The Morgan fingerprint density at radius 2 is 1.77 bits per heavy atom. The van der Waals surface area contributed by atoms with Gasteiger partial charge in [-0.05, 0) is 36.8 Å². The van der Waals surface area contributed by atoms with Gasteiger partial charge in [0.1, 0.15) is 0 Å². The van der Waals surface area contributed by atoms with Crippen molar-refractivity contribution < 1.29 is 9.90 Å². The summed E-state index contributed by atoms with van der Waals surface area (Å²) in [6.45, 7) is 3.81. The van der Waals surface area contributed by atoms with Gasteiger partial charge in [0.05, 0.1) is 6.10 Å². The number of carbonyl (C=O) groups excluding carboxylic acids is 1. The molecule has 0 radical (unpaired) electrons. The fraction of sp³-hybridized carbons (Fsp3) is 0.211. The molecule has 0 saturated heterocycles. The molecule has 22 heavy (non-hydrogen) atoms. The minimum atomic E-state index is -0.817. The first-order valence-electron chi connectivity index (χ1n) is 7.22. The highest BCUT2D eigenvalue weighted by Crippen LogP contribution is 2.24. The smallest absolute Gasteiger partial charge is 0.192 e. The maximum absolute atomic E-state index is 12.5. The number of hydrogen-bond donors (Lipinski definition) is 1. The van der Waals surface area contributed by atoms with Crippen LogP contribution in [0.1, 0.15) is 22.3 Å². The highest BCUT2D eigenvalue weighted by Gasteiger charge is 2.20. The third-order valence-electron chi connectivity index (χ3n) is 3.59. The van der Waals surface area contributed by atoms with E-state index in [1.54, 1.807) is 6.07 Å². The second kappa shape index (κ2) is 7.97. The number of hydrogen-bond acceptors (Lipinski definition) is 3. The second-order valence-electron chi connectivity index (χ2n) is 5.09. The fourth-order valence-electron chi connectivity index (χ4n) is 2.28. The summed E-state index contributed by atoms with van der Waals surface area (Å²) in [5.41, 5.74) is 2.02. The van der Waals surface area contributed by atoms with E-state index < -0.39 is 6.10 Å². The standard InChI is InChI=1S/C19H20O2S/c1-14(17(20)13-12-15-8-4-3-5-9-15)19(21)16-10-6-7-11-18(16)22-2/h3-11,17,20H,1,12-13H2,2H3. The minimum absolute atomic E-state index is 0.175. The molecule has 0 spiro atoms. The first-order chi connectivity index (χ1) is 10.6. The Morgan fingerprint density at radius 3 is 2.45 bits per heavy atom.